The normalized spacial score (nSPS) is 27.4. The van der Waals surface area contributed by atoms with Gasteiger partial charge in [0.05, 0.1) is 12.1 Å². The van der Waals surface area contributed by atoms with Crippen LogP contribution < -0.4 is 9.80 Å². The molecule has 1 aromatic heterocycles. The molecule has 2 saturated carbocycles. The van der Waals surface area contributed by atoms with Crippen molar-refractivity contribution in [2.45, 2.75) is 75.9 Å². The van der Waals surface area contributed by atoms with E-state index in [1.807, 2.05) is 17.0 Å². The third-order valence-electron chi connectivity index (χ3n) is 7.78. The molecular formula is C23H35ClN6+2. The van der Waals surface area contributed by atoms with Crippen LogP contribution in [0.2, 0.25) is 5.02 Å². The predicted octanol–water partition coefficient (Wildman–Crippen LogP) is 1.65. The Morgan fingerprint density at radius 3 is 2.23 bits per heavy atom. The van der Waals surface area contributed by atoms with Crippen molar-refractivity contribution in [3.8, 4) is 0 Å². The molecule has 2 heterocycles. The van der Waals surface area contributed by atoms with E-state index in [2.05, 4.69) is 32.3 Å². The molecule has 2 aliphatic carbocycles. The quantitative estimate of drug-likeness (QED) is 0.758. The minimum absolute atomic E-state index is 0.186. The number of nitrogens with zero attached hydrogens (tertiary/aromatic N) is 4. The lowest BCUT2D eigenvalue weighted by atomic mass is 9.93. The highest BCUT2D eigenvalue weighted by atomic mass is 35.5. The summed E-state index contributed by atoms with van der Waals surface area (Å²) >= 11 is 6.21. The van der Waals surface area contributed by atoms with E-state index in [0.29, 0.717) is 6.04 Å². The molecule has 6 nitrogen and oxygen atoms in total. The first-order valence-corrected chi connectivity index (χ1v) is 12.4. The molecule has 1 aromatic carbocycles. The highest BCUT2D eigenvalue weighted by molar-refractivity contribution is 6.30. The number of tetrazole rings is 1. The Morgan fingerprint density at radius 1 is 0.867 bits per heavy atom. The Morgan fingerprint density at radius 2 is 1.53 bits per heavy atom. The summed E-state index contributed by atoms with van der Waals surface area (Å²) in [5.74, 6) is 1.04. The van der Waals surface area contributed by atoms with Crippen molar-refractivity contribution in [3.63, 3.8) is 0 Å². The van der Waals surface area contributed by atoms with Crippen molar-refractivity contribution in [2.24, 2.45) is 0 Å². The Balaban J connectivity index is 1.39. The molecule has 3 aliphatic rings. The molecule has 0 spiro atoms. The van der Waals surface area contributed by atoms with Crippen LogP contribution in [-0.4, -0.2) is 52.4 Å². The maximum atomic E-state index is 6.21. The summed E-state index contributed by atoms with van der Waals surface area (Å²) < 4.78 is 2.15. The van der Waals surface area contributed by atoms with E-state index in [0.717, 1.165) is 16.9 Å². The zero-order valence-electron chi connectivity index (χ0n) is 17.9. The number of aromatic nitrogens is 4. The van der Waals surface area contributed by atoms with Gasteiger partial charge >= 0.3 is 0 Å². The lowest BCUT2D eigenvalue weighted by molar-refractivity contribution is -1.03. The van der Waals surface area contributed by atoms with Crippen molar-refractivity contribution in [1.82, 2.24) is 20.2 Å². The Bertz CT molecular complexity index is 801. The van der Waals surface area contributed by atoms with Gasteiger partial charge in [-0.1, -0.05) is 43.0 Å². The lowest BCUT2D eigenvalue weighted by Crippen LogP contribution is -3.29. The van der Waals surface area contributed by atoms with Gasteiger partial charge in [0.25, 0.3) is 0 Å². The average Bonchev–Trinajstić information content (AvgIpc) is 3.48. The van der Waals surface area contributed by atoms with E-state index in [-0.39, 0.29) is 6.04 Å². The zero-order valence-corrected chi connectivity index (χ0v) is 18.7. The SMILES string of the molecule is Clc1ccc([C@H](c2nnnn2C2CCCC2)[NH+]2CC[NH+](C3CCCCC3)CC2)cc1. The summed E-state index contributed by atoms with van der Waals surface area (Å²) in [4.78, 5) is 3.44. The van der Waals surface area contributed by atoms with Crippen LogP contribution >= 0.6 is 11.6 Å². The van der Waals surface area contributed by atoms with Crippen LogP contribution in [0.4, 0.5) is 0 Å². The van der Waals surface area contributed by atoms with Crippen LogP contribution in [0.1, 0.15) is 81.3 Å². The molecule has 3 fully saturated rings. The predicted molar refractivity (Wildman–Crippen MR) is 117 cm³/mol. The van der Waals surface area contributed by atoms with E-state index >= 15 is 0 Å². The fourth-order valence-electron chi connectivity index (χ4n) is 6.12. The van der Waals surface area contributed by atoms with Gasteiger partial charge in [-0.3, -0.25) is 0 Å². The molecule has 30 heavy (non-hydrogen) atoms. The number of rotatable bonds is 5. The summed E-state index contributed by atoms with van der Waals surface area (Å²) in [6, 6.07) is 9.90. The summed E-state index contributed by atoms with van der Waals surface area (Å²) in [6.07, 6.45) is 12.1. The van der Waals surface area contributed by atoms with Gasteiger partial charge in [-0.25, -0.2) is 4.68 Å². The van der Waals surface area contributed by atoms with Gasteiger partial charge in [0.15, 0.2) is 6.04 Å². The summed E-state index contributed by atoms with van der Waals surface area (Å²) in [5, 5.41) is 14.0. The maximum absolute atomic E-state index is 6.21. The first kappa shape index (κ1) is 20.4. The van der Waals surface area contributed by atoms with Gasteiger partial charge in [0, 0.05) is 10.6 Å². The molecule has 0 unspecified atom stereocenters. The van der Waals surface area contributed by atoms with Gasteiger partial charge in [-0.15, -0.1) is 5.10 Å². The highest BCUT2D eigenvalue weighted by Crippen LogP contribution is 2.31. The standard InChI is InChI=1S/C23H33ClN6/c24-19-12-10-18(11-13-19)22(23-25-26-27-30(23)21-8-4-5-9-21)29-16-14-28(15-17-29)20-6-2-1-3-7-20/h10-13,20-22H,1-9,14-17H2/p+2/t22-/m1/s1. The van der Waals surface area contributed by atoms with E-state index in [9.17, 15) is 0 Å². The van der Waals surface area contributed by atoms with Crippen LogP contribution in [0.3, 0.4) is 0 Å². The van der Waals surface area contributed by atoms with Gasteiger partial charge in [-0.2, -0.15) is 0 Å². The number of benzene rings is 1. The molecule has 7 heteroatoms. The molecule has 2 aromatic rings. The molecule has 1 atom stereocenters. The summed E-state index contributed by atoms with van der Waals surface area (Å²) in [6.45, 7) is 4.87. The van der Waals surface area contributed by atoms with Gasteiger partial charge in [0.2, 0.25) is 5.82 Å². The Labute approximate surface area is 184 Å². The zero-order chi connectivity index (χ0) is 20.3. The van der Waals surface area contributed by atoms with Crippen molar-refractivity contribution >= 4 is 11.6 Å². The van der Waals surface area contributed by atoms with Gasteiger partial charge in [-0.05, 0) is 61.1 Å². The first-order valence-electron chi connectivity index (χ1n) is 12.0. The van der Waals surface area contributed by atoms with Crippen LogP contribution in [0.15, 0.2) is 24.3 Å². The molecule has 0 radical (unpaired) electrons. The summed E-state index contributed by atoms with van der Waals surface area (Å²) in [7, 11) is 0. The number of hydrogen-bond acceptors (Lipinski definition) is 3. The molecular weight excluding hydrogens is 396 g/mol. The summed E-state index contributed by atoms with van der Waals surface area (Å²) in [5.41, 5.74) is 1.28. The second kappa shape index (κ2) is 9.33. The molecule has 5 rings (SSSR count). The average molecular weight is 431 g/mol. The second-order valence-corrected chi connectivity index (χ2v) is 9.99. The monoisotopic (exact) mass is 430 g/mol. The fraction of sp³-hybridized carbons (Fsp3) is 0.696. The van der Waals surface area contributed by atoms with Crippen molar-refractivity contribution < 1.29 is 9.80 Å². The third kappa shape index (κ3) is 4.27. The smallest absolute Gasteiger partial charge is 0.214 e. The fourth-order valence-corrected chi connectivity index (χ4v) is 6.25. The molecule has 2 N–H and O–H groups in total. The van der Waals surface area contributed by atoms with Crippen molar-refractivity contribution in [3.05, 3.63) is 40.7 Å². The lowest BCUT2D eigenvalue weighted by Gasteiger charge is -2.38. The third-order valence-corrected chi connectivity index (χ3v) is 8.03. The number of quaternary nitrogens is 2. The van der Waals surface area contributed by atoms with Crippen LogP contribution in [-0.2, 0) is 0 Å². The topological polar surface area (TPSA) is 52.5 Å². The molecule has 0 bridgehead atoms. The minimum atomic E-state index is 0.186. The number of halogens is 1. The van der Waals surface area contributed by atoms with E-state index < -0.39 is 0 Å². The largest absolute Gasteiger partial charge is 0.323 e. The van der Waals surface area contributed by atoms with Crippen molar-refractivity contribution in [1.29, 1.82) is 0 Å². The first-order chi connectivity index (χ1) is 14.8. The van der Waals surface area contributed by atoms with E-state index in [1.54, 1.807) is 4.90 Å². The van der Waals surface area contributed by atoms with Crippen LogP contribution in [0, 0.1) is 0 Å². The van der Waals surface area contributed by atoms with Gasteiger partial charge < -0.3 is 9.80 Å². The number of piperazine rings is 1. The van der Waals surface area contributed by atoms with Crippen LogP contribution in [0.25, 0.3) is 0 Å². The number of nitrogens with one attached hydrogen (secondary N) is 2. The molecule has 162 valence electrons. The molecule has 0 amide bonds. The molecule has 1 saturated heterocycles. The van der Waals surface area contributed by atoms with E-state index in [4.69, 9.17) is 11.6 Å². The second-order valence-electron chi connectivity index (χ2n) is 9.56. The Hall–Kier alpha value is -1.50. The van der Waals surface area contributed by atoms with E-state index in [1.165, 1.54) is 89.5 Å². The Kier molecular flexibility index (Phi) is 6.34. The minimum Gasteiger partial charge on any atom is -0.323 e. The maximum Gasteiger partial charge on any atom is 0.214 e. The number of hydrogen-bond donors (Lipinski definition) is 2. The van der Waals surface area contributed by atoms with Gasteiger partial charge in [0.1, 0.15) is 26.2 Å². The highest BCUT2D eigenvalue weighted by Gasteiger charge is 2.38. The van der Waals surface area contributed by atoms with Crippen LogP contribution in [0.5, 0.6) is 0 Å². The van der Waals surface area contributed by atoms with Crippen molar-refractivity contribution in [2.75, 3.05) is 26.2 Å². The molecule has 1 aliphatic heterocycles.